The molecule has 1 unspecified atom stereocenters. The number of aromatic hydroxyl groups is 1. The van der Waals surface area contributed by atoms with E-state index in [1.807, 2.05) is 0 Å². The van der Waals surface area contributed by atoms with E-state index in [-0.39, 0.29) is 29.3 Å². The van der Waals surface area contributed by atoms with Gasteiger partial charge in [0.25, 0.3) is 0 Å². The molecular formula is C15H10Br6O4S. The van der Waals surface area contributed by atoms with E-state index >= 15 is 0 Å². The minimum atomic E-state index is -3.80. The summed E-state index contributed by atoms with van der Waals surface area (Å²) in [6.45, 7) is 0.409. The molecular weight excluding hydrogens is 756 g/mol. The Morgan fingerprint density at radius 2 is 1.35 bits per heavy atom. The van der Waals surface area contributed by atoms with Crippen molar-refractivity contribution in [2.45, 2.75) is 14.6 Å². The average molecular weight is 766 g/mol. The van der Waals surface area contributed by atoms with Crippen LogP contribution < -0.4 is 4.74 Å². The van der Waals surface area contributed by atoms with Crippen molar-refractivity contribution >= 4 is 105 Å². The quantitative estimate of drug-likeness (QED) is 0.329. The Bertz CT molecular complexity index is 886. The molecule has 11 heteroatoms. The van der Waals surface area contributed by atoms with Crippen molar-refractivity contribution in [1.82, 2.24) is 0 Å². The third-order valence-corrected chi connectivity index (χ3v) is 9.50. The van der Waals surface area contributed by atoms with Crippen molar-refractivity contribution in [2.24, 2.45) is 0 Å². The van der Waals surface area contributed by atoms with Crippen LogP contribution in [0.4, 0.5) is 0 Å². The number of rotatable bonds is 6. The van der Waals surface area contributed by atoms with Gasteiger partial charge in [-0.05, 0) is 88.0 Å². The molecule has 26 heavy (non-hydrogen) atoms. The molecule has 2 aromatic rings. The van der Waals surface area contributed by atoms with E-state index in [2.05, 4.69) is 95.6 Å². The highest BCUT2D eigenvalue weighted by molar-refractivity contribution is 9.12. The van der Waals surface area contributed by atoms with Gasteiger partial charge in [-0.1, -0.05) is 31.9 Å². The Balaban J connectivity index is 2.45. The third-order valence-electron chi connectivity index (χ3n) is 3.16. The van der Waals surface area contributed by atoms with E-state index in [1.165, 1.54) is 24.3 Å². The number of hydrogen-bond acceptors (Lipinski definition) is 4. The molecule has 0 spiro atoms. The number of phenols is 1. The summed E-state index contributed by atoms with van der Waals surface area (Å²) in [6, 6.07) is 5.68. The zero-order valence-electron chi connectivity index (χ0n) is 12.6. The van der Waals surface area contributed by atoms with E-state index in [1.54, 1.807) is 0 Å². The molecule has 2 rings (SSSR count). The zero-order valence-corrected chi connectivity index (χ0v) is 23.0. The fourth-order valence-electron chi connectivity index (χ4n) is 1.88. The van der Waals surface area contributed by atoms with Gasteiger partial charge in [0.05, 0.1) is 32.5 Å². The molecule has 0 saturated heterocycles. The first-order valence-corrected chi connectivity index (χ1v) is 13.5. The Hall–Kier alpha value is 0.870. The zero-order chi connectivity index (χ0) is 19.6. The third kappa shape index (κ3) is 5.27. The summed E-state index contributed by atoms with van der Waals surface area (Å²) in [5.41, 5.74) is 0. The Labute approximate surface area is 201 Å². The average Bonchev–Trinajstić information content (AvgIpc) is 2.57. The standard InChI is InChI=1S/C15H10Br6O4S/c16-5-7(17)6-25-15-12(20)3-9(4-13(15)21)26(23,24)8-1-10(18)14(22)11(19)2-8/h1-4,7,22H,5-6H2. The van der Waals surface area contributed by atoms with Crippen LogP contribution in [0.15, 0.2) is 51.9 Å². The first-order valence-electron chi connectivity index (χ1n) is 6.83. The number of benzene rings is 2. The van der Waals surface area contributed by atoms with Gasteiger partial charge in [-0.3, -0.25) is 0 Å². The van der Waals surface area contributed by atoms with Gasteiger partial charge in [-0.2, -0.15) is 0 Å². The van der Waals surface area contributed by atoms with Gasteiger partial charge in [-0.25, -0.2) is 8.42 Å². The van der Waals surface area contributed by atoms with E-state index in [9.17, 15) is 13.5 Å². The van der Waals surface area contributed by atoms with Crippen LogP contribution in [0, 0.1) is 0 Å². The SMILES string of the molecule is O=S(=O)(c1cc(Br)c(O)c(Br)c1)c1cc(Br)c(OCC(Br)CBr)c(Br)c1. The molecule has 142 valence electrons. The van der Waals surface area contributed by atoms with Gasteiger partial charge < -0.3 is 9.84 Å². The molecule has 0 aromatic heterocycles. The van der Waals surface area contributed by atoms with Crippen LogP contribution in [0.2, 0.25) is 0 Å². The van der Waals surface area contributed by atoms with E-state index in [0.29, 0.717) is 21.3 Å². The van der Waals surface area contributed by atoms with Crippen molar-refractivity contribution < 1.29 is 18.3 Å². The predicted octanol–water partition coefficient (Wildman–Crippen LogP) is 6.81. The second-order valence-corrected chi connectivity index (χ2v) is 12.3. The summed E-state index contributed by atoms with van der Waals surface area (Å²) in [5, 5.41) is 10.5. The number of halogens is 6. The maximum atomic E-state index is 13.0. The van der Waals surface area contributed by atoms with Crippen LogP contribution in [0.3, 0.4) is 0 Å². The van der Waals surface area contributed by atoms with Crippen molar-refractivity contribution in [3.05, 3.63) is 42.2 Å². The maximum Gasteiger partial charge on any atom is 0.206 e. The first kappa shape index (κ1) is 23.2. The van der Waals surface area contributed by atoms with Gasteiger partial charge >= 0.3 is 0 Å². The second-order valence-electron chi connectivity index (χ2n) is 5.02. The van der Waals surface area contributed by atoms with Crippen LogP contribution in [0.5, 0.6) is 11.5 Å². The minimum absolute atomic E-state index is 0.0429. The molecule has 0 fully saturated rings. The van der Waals surface area contributed by atoms with E-state index < -0.39 is 9.84 Å². The highest BCUT2D eigenvalue weighted by Gasteiger charge is 2.23. The Morgan fingerprint density at radius 1 is 0.923 bits per heavy atom. The van der Waals surface area contributed by atoms with Crippen LogP contribution in [0.1, 0.15) is 0 Å². The fraction of sp³-hybridized carbons (Fsp3) is 0.200. The summed E-state index contributed by atoms with van der Waals surface area (Å²) in [4.78, 5) is 0.252. The highest BCUT2D eigenvalue weighted by atomic mass is 79.9. The first-order chi connectivity index (χ1) is 12.1. The van der Waals surface area contributed by atoms with Crippen LogP contribution in [0.25, 0.3) is 0 Å². The van der Waals surface area contributed by atoms with Crippen LogP contribution >= 0.6 is 95.6 Å². The van der Waals surface area contributed by atoms with Crippen molar-refractivity contribution in [3.8, 4) is 11.5 Å². The Morgan fingerprint density at radius 3 is 1.77 bits per heavy atom. The molecule has 0 saturated carbocycles. The predicted molar refractivity (Wildman–Crippen MR) is 123 cm³/mol. The van der Waals surface area contributed by atoms with Crippen molar-refractivity contribution in [1.29, 1.82) is 0 Å². The van der Waals surface area contributed by atoms with Gasteiger partial charge in [0.2, 0.25) is 9.84 Å². The lowest BCUT2D eigenvalue weighted by molar-refractivity contribution is 0.321. The van der Waals surface area contributed by atoms with E-state index in [4.69, 9.17) is 4.74 Å². The minimum Gasteiger partial charge on any atom is -0.506 e. The lowest BCUT2D eigenvalue weighted by Gasteiger charge is -2.14. The largest absolute Gasteiger partial charge is 0.506 e. The Kier molecular flexibility index (Phi) is 8.53. The molecule has 0 aliphatic carbocycles. The molecule has 1 atom stereocenters. The number of hydrogen-bond donors (Lipinski definition) is 1. The summed E-state index contributed by atoms with van der Waals surface area (Å²) in [6.07, 6.45) is 0. The van der Waals surface area contributed by atoms with Gasteiger partial charge in [-0.15, -0.1) is 0 Å². The van der Waals surface area contributed by atoms with Crippen LogP contribution in [-0.4, -0.2) is 30.3 Å². The molecule has 2 aromatic carbocycles. The summed E-state index contributed by atoms with van der Waals surface area (Å²) >= 11 is 19.8. The van der Waals surface area contributed by atoms with Gasteiger partial charge in [0.15, 0.2) is 0 Å². The number of alkyl halides is 2. The number of ether oxygens (including phenoxy) is 1. The van der Waals surface area contributed by atoms with Crippen LogP contribution in [-0.2, 0) is 9.84 Å². The molecule has 0 radical (unpaired) electrons. The van der Waals surface area contributed by atoms with Gasteiger partial charge in [0.1, 0.15) is 18.1 Å². The fourth-order valence-corrected chi connectivity index (χ4v) is 6.77. The lowest BCUT2D eigenvalue weighted by atomic mass is 10.3. The molecule has 0 aliphatic heterocycles. The summed E-state index contributed by atoms with van der Waals surface area (Å²) in [5.74, 6) is 0.452. The smallest absolute Gasteiger partial charge is 0.206 e. The van der Waals surface area contributed by atoms with Crippen molar-refractivity contribution in [2.75, 3.05) is 11.9 Å². The topological polar surface area (TPSA) is 63.6 Å². The number of phenolic OH excluding ortho intramolecular Hbond substituents is 1. The molecule has 0 heterocycles. The molecule has 1 N–H and O–H groups in total. The van der Waals surface area contributed by atoms with Gasteiger partial charge in [0, 0.05) is 5.33 Å². The second kappa shape index (κ2) is 9.58. The molecule has 0 aliphatic rings. The molecule has 0 bridgehead atoms. The molecule has 0 amide bonds. The van der Waals surface area contributed by atoms with Crippen molar-refractivity contribution in [3.63, 3.8) is 0 Å². The monoisotopic (exact) mass is 760 g/mol. The van der Waals surface area contributed by atoms with E-state index in [0.717, 1.165) is 5.33 Å². The lowest BCUT2D eigenvalue weighted by Crippen LogP contribution is -2.13. The summed E-state index contributed by atoms with van der Waals surface area (Å²) < 4.78 is 33.2. The summed E-state index contributed by atoms with van der Waals surface area (Å²) in [7, 11) is -3.80. The number of sulfone groups is 1. The normalized spacial score (nSPS) is 12.8. The maximum absolute atomic E-state index is 13.0. The molecule has 4 nitrogen and oxygen atoms in total. The highest BCUT2D eigenvalue weighted by Crippen LogP contribution is 2.40.